The molecular formula is C13H19N3O4S2. The number of benzene rings is 1. The molecule has 1 rings (SSSR count). The van der Waals surface area contributed by atoms with Crippen LogP contribution in [0.3, 0.4) is 0 Å². The molecule has 1 aromatic rings. The van der Waals surface area contributed by atoms with Gasteiger partial charge in [0.05, 0.1) is 0 Å². The van der Waals surface area contributed by atoms with Gasteiger partial charge in [-0.1, -0.05) is 27.9 Å². The number of rotatable bonds is 7. The van der Waals surface area contributed by atoms with Crippen LogP contribution in [0, 0.1) is 12.3 Å². The van der Waals surface area contributed by atoms with E-state index in [1.165, 1.54) is 24.7 Å². The maximum atomic E-state index is 12.0. The molecule has 0 aliphatic rings. The Morgan fingerprint density at radius 3 is 2.55 bits per heavy atom. The summed E-state index contributed by atoms with van der Waals surface area (Å²) in [7, 11) is -4.06. The van der Waals surface area contributed by atoms with Crippen molar-refractivity contribution >= 4 is 20.1 Å². The zero-order valence-electron chi connectivity index (χ0n) is 12.6. The second-order valence-corrected chi connectivity index (χ2v) is 8.64. The lowest BCUT2D eigenvalue weighted by Crippen LogP contribution is -2.27. The molecule has 0 aliphatic carbocycles. The molecule has 0 saturated heterocycles. The van der Waals surface area contributed by atoms with Crippen molar-refractivity contribution in [2.24, 2.45) is 3.77 Å². The second kappa shape index (κ2) is 7.60. The Morgan fingerprint density at radius 2 is 1.95 bits per heavy atom. The molecular weight excluding hydrogens is 326 g/mol. The van der Waals surface area contributed by atoms with E-state index < -0.39 is 20.1 Å². The SMILES string of the molecule is C#CCOc1ccccc1CNS(=O)(=O)N=S(C)(=O)N(C)C. The smallest absolute Gasteiger partial charge is 0.328 e. The quantitative estimate of drug-likeness (QED) is 0.733. The van der Waals surface area contributed by atoms with Gasteiger partial charge in [-0.05, 0) is 6.07 Å². The van der Waals surface area contributed by atoms with Crippen LogP contribution in [0.5, 0.6) is 5.75 Å². The summed E-state index contributed by atoms with van der Waals surface area (Å²) in [5.74, 6) is 2.82. The lowest BCUT2D eigenvalue weighted by atomic mass is 10.2. The standard InChI is InChI=1S/C13H19N3O4S2/c1-5-10-20-13-9-7-6-8-12(13)11-14-22(18,19)15-21(4,17)16(2)3/h1,6-9,14H,10-11H2,2-4H3. The van der Waals surface area contributed by atoms with Crippen molar-refractivity contribution in [1.29, 1.82) is 0 Å². The molecule has 122 valence electrons. The van der Waals surface area contributed by atoms with E-state index in [9.17, 15) is 12.6 Å². The van der Waals surface area contributed by atoms with Crippen LogP contribution in [-0.4, -0.2) is 43.9 Å². The third-order valence-electron chi connectivity index (χ3n) is 2.64. The molecule has 0 aromatic heterocycles. The van der Waals surface area contributed by atoms with Crippen LogP contribution in [0.15, 0.2) is 28.0 Å². The predicted molar refractivity (Wildman–Crippen MR) is 86.7 cm³/mol. The summed E-state index contributed by atoms with van der Waals surface area (Å²) in [4.78, 5) is 0. The molecule has 7 nitrogen and oxygen atoms in total. The molecule has 0 aliphatic heterocycles. The van der Waals surface area contributed by atoms with Crippen molar-refractivity contribution in [3.05, 3.63) is 29.8 Å². The highest BCUT2D eigenvalue weighted by Gasteiger charge is 2.15. The third-order valence-corrected chi connectivity index (χ3v) is 6.40. The molecule has 9 heteroatoms. The van der Waals surface area contributed by atoms with E-state index >= 15 is 0 Å². The van der Waals surface area contributed by atoms with E-state index in [2.05, 4.69) is 14.4 Å². The van der Waals surface area contributed by atoms with Crippen LogP contribution in [0.4, 0.5) is 0 Å². The molecule has 1 N–H and O–H groups in total. The zero-order valence-corrected chi connectivity index (χ0v) is 14.3. The van der Waals surface area contributed by atoms with Gasteiger partial charge >= 0.3 is 10.2 Å². The number of para-hydroxylation sites is 1. The summed E-state index contributed by atoms with van der Waals surface area (Å²) in [6.07, 6.45) is 6.38. The Hall–Kier alpha value is -1.60. The van der Waals surface area contributed by atoms with Gasteiger partial charge in [-0.25, -0.2) is 8.51 Å². The molecule has 1 atom stereocenters. The first kappa shape index (κ1) is 18.4. The molecule has 0 amide bonds. The number of ether oxygens (including phenoxy) is 1. The first-order valence-corrected chi connectivity index (χ1v) is 9.54. The topological polar surface area (TPSA) is 88.1 Å². The molecule has 0 fully saturated rings. The molecule has 0 spiro atoms. The first-order valence-electron chi connectivity index (χ1n) is 6.22. The summed E-state index contributed by atoms with van der Waals surface area (Å²) in [5, 5.41) is 0. The van der Waals surface area contributed by atoms with Gasteiger partial charge < -0.3 is 4.74 Å². The molecule has 0 heterocycles. The molecule has 0 radical (unpaired) electrons. The maximum Gasteiger partial charge on any atom is 0.328 e. The number of nitrogens with one attached hydrogen (secondary N) is 1. The normalized spacial score (nSPS) is 14.1. The fourth-order valence-electron chi connectivity index (χ4n) is 1.35. The van der Waals surface area contributed by atoms with Crippen LogP contribution in [0.1, 0.15) is 5.56 Å². The number of nitrogens with zero attached hydrogens (tertiary/aromatic N) is 2. The Morgan fingerprint density at radius 1 is 1.32 bits per heavy atom. The fraction of sp³-hybridized carbons (Fsp3) is 0.385. The number of hydrogen-bond donors (Lipinski definition) is 1. The largest absolute Gasteiger partial charge is 0.481 e. The molecule has 0 saturated carbocycles. The van der Waals surface area contributed by atoms with Gasteiger partial charge in [0.15, 0.2) is 0 Å². The highest BCUT2D eigenvalue weighted by atomic mass is 32.3. The Kier molecular flexibility index (Phi) is 6.37. The minimum absolute atomic E-state index is 0.0461. The van der Waals surface area contributed by atoms with Crippen molar-refractivity contribution in [2.75, 3.05) is 27.0 Å². The van der Waals surface area contributed by atoms with Gasteiger partial charge in [0.25, 0.3) is 0 Å². The molecule has 1 aromatic carbocycles. The van der Waals surface area contributed by atoms with E-state index in [0.29, 0.717) is 11.3 Å². The summed E-state index contributed by atoms with van der Waals surface area (Å²) >= 11 is 0. The van der Waals surface area contributed by atoms with E-state index in [4.69, 9.17) is 11.2 Å². The maximum absolute atomic E-state index is 12.0. The van der Waals surface area contributed by atoms with Gasteiger partial charge in [-0.2, -0.15) is 13.1 Å². The van der Waals surface area contributed by atoms with Gasteiger partial charge in [0, 0.05) is 32.5 Å². The van der Waals surface area contributed by atoms with Crippen LogP contribution >= 0.6 is 0 Å². The van der Waals surface area contributed by atoms with E-state index in [1.807, 2.05) is 0 Å². The highest BCUT2D eigenvalue weighted by Crippen LogP contribution is 2.18. The monoisotopic (exact) mass is 345 g/mol. The molecule has 22 heavy (non-hydrogen) atoms. The summed E-state index contributed by atoms with van der Waals surface area (Å²) in [6.45, 7) is 0.0348. The van der Waals surface area contributed by atoms with Crippen molar-refractivity contribution in [2.45, 2.75) is 6.54 Å². The number of hydrogen-bond acceptors (Lipinski definition) is 4. The molecule has 1 unspecified atom stereocenters. The van der Waals surface area contributed by atoms with E-state index in [-0.39, 0.29) is 13.2 Å². The van der Waals surface area contributed by atoms with Crippen molar-refractivity contribution in [3.63, 3.8) is 0 Å². The highest BCUT2D eigenvalue weighted by molar-refractivity contribution is 8.00. The minimum Gasteiger partial charge on any atom is -0.481 e. The van der Waals surface area contributed by atoms with Gasteiger partial charge in [0.1, 0.15) is 22.3 Å². The van der Waals surface area contributed by atoms with Crippen molar-refractivity contribution < 1.29 is 17.4 Å². The van der Waals surface area contributed by atoms with Crippen molar-refractivity contribution in [1.82, 2.24) is 9.03 Å². The minimum atomic E-state index is -4.06. The Balaban J connectivity index is 2.91. The van der Waals surface area contributed by atoms with Gasteiger partial charge in [-0.15, -0.1) is 6.42 Å². The lowest BCUT2D eigenvalue weighted by molar-refractivity contribution is 0.366. The van der Waals surface area contributed by atoms with Crippen LogP contribution < -0.4 is 9.46 Å². The first-order chi connectivity index (χ1) is 10.2. The zero-order chi connectivity index (χ0) is 16.8. The van der Waals surface area contributed by atoms with Crippen LogP contribution in [0.2, 0.25) is 0 Å². The second-order valence-electron chi connectivity index (χ2n) is 4.55. The Bertz CT molecular complexity index is 773. The van der Waals surface area contributed by atoms with E-state index in [1.54, 1.807) is 24.3 Å². The molecule has 0 bridgehead atoms. The average molecular weight is 345 g/mol. The van der Waals surface area contributed by atoms with Crippen molar-refractivity contribution in [3.8, 4) is 18.1 Å². The fourth-order valence-corrected chi connectivity index (χ4v) is 3.89. The van der Waals surface area contributed by atoms with Crippen LogP contribution in [-0.2, 0) is 26.7 Å². The average Bonchev–Trinajstić information content (AvgIpc) is 2.42. The Labute approximate surface area is 132 Å². The number of terminal acetylenes is 1. The lowest BCUT2D eigenvalue weighted by Gasteiger charge is -2.13. The summed E-state index contributed by atoms with van der Waals surface area (Å²) in [6, 6.07) is 6.87. The van der Waals surface area contributed by atoms with Crippen LogP contribution in [0.25, 0.3) is 0 Å². The van der Waals surface area contributed by atoms with Gasteiger partial charge in [0.2, 0.25) is 0 Å². The predicted octanol–water partition coefficient (Wildman–Crippen LogP) is 0.607. The van der Waals surface area contributed by atoms with Gasteiger partial charge in [-0.3, -0.25) is 0 Å². The third kappa shape index (κ3) is 5.65. The van der Waals surface area contributed by atoms with E-state index in [0.717, 1.165) is 0 Å². The summed E-state index contributed by atoms with van der Waals surface area (Å²) in [5.41, 5.74) is 0.601. The summed E-state index contributed by atoms with van der Waals surface area (Å²) < 4.78 is 48.0.